The Morgan fingerprint density at radius 1 is 0.328 bits per heavy atom. The molecule has 0 aliphatic rings. The molecule has 0 amide bonds. The first-order valence-corrected chi connectivity index (χ1v) is 26.2. The van der Waals surface area contributed by atoms with E-state index in [1.165, 1.54) is 83.5 Å². The summed E-state index contributed by atoms with van der Waals surface area (Å²) in [5.74, 6) is -0.955. The molecule has 6 nitrogen and oxygen atoms in total. The molecule has 0 aliphatic carbocycles. The minimum atomic E-state index is -0.797. The second kappa shape index (κ2) is 52.0. The Kier molecular flexibility index (Phi) is 49.0. The molecular weight excluding hydrogens is 793 g/mol. The van der Waals surface area contributed by atoms with E-state index in [-0.39, 0.29) is 31.1 Å². The Labute approximate surface area is 394 Å². The Hall–Kier alpha value is -3.67. The van der Waals surface area contributed by atoms with E-state index in [4.69, 9.17) is 14.2 Å². The lowest BCUT2D eigenvalue weighted by molar-refractivity contribution is -0.167. The monoisotopic (exact) mass is 889 g/mol. The molecule has 0 heterocycles. The molecule has 0 bridgehead atoms. The normalized spacial score (nSPS) is 12.9. The lowest BCUT2D eigenvalue weighted by atomic mass is 10.1. The van der Waals surface area contributed by atoms with Gasteiger partial charge in [0.25, 0.3) is 0 Å². The molecule has 0 fully saturated rings. The van der Waals surface area contributed by atoms with Crippen molar-refractivity contribution in [3.05, 3.63) is 97.2 Å². The van der Waals surface area contributed by atoms with Crippen LogP contribution >= 0.6 is 0 Å². The summed E-state index contributed by atoms with van der Waals surface area (Å²) in [6, 6.07) is 0. The van der Waals surface area contributed by atoms with Gasteiger partial charge in [-0.15, -0.1) is 0 Å². The lowest BCUT2D eigenvalue weighted by Crippen LogP contribution is -2.30. The summed E-state index contributed by atoms with van der Waals surface area (Å²) in [5.41, 5.74) is 0. The summed E-state index contributed by atoms with van der Waals surface area (Å²) in [7, 11) is 0. The quantitative estimate of drug-likeness (QED) is 0.0262. The zero-order valence-corrected chi connectivity index (χ0v) is 41.5. The third-order valence-corrected chi connectivity index (χ3v) is 10.8. The predicted molar refractivity (Wildman–Crippen MR) is 274 cm³/mol. The zero-order chi connectivity index (χ0) is 46.5. The van der Waals surface area contributed by atoms with E-state index < -0.39 is 6.10 Å². The van der Waals surface area contributed by atoms with Crippen molar-refractivity contribution in [3.63, 3.8) is 0 Å². The molecule has 1 atom stereocenters. The van der Waals surface area contributed by atoms with Crippen molar-refractivity contribution < 1.29 is 28.6 Å². The van der Waals surface area contributed by atoms with Crippen LogP contribution in [0.5, 0.6) is 0 Å². The maximum Gasteiger partial charge on any atom is 0.306 e. The third-order valence-electron chi connectivity index (χ3n) is 10.8. The molecule has 0 spiro atoms. The molecule has 6 heteroatoms. The highest BCUT2D eigenvalue weighted by molar-refractivity contribution is 5.71. The number of unbranched alkanes of at least 4 members (excludes halogenated alkanes) is 19. The van der Waals surface area contributed by atoms with Crippen molar-refractivity contribution >= 4 is 17.9 Å². The fraction of sp³-hybridized carbons (Fsp3) is 0.672. The summed E-state index contributed by atoms with van der Waals surface area (Å²) >= 11 is 0. The zero-order valence-electron chi connectivity index (χ0n) is 41.5. The van der Waals surface area contributed by atoms with Gasteiger partial charge in [0.1, 0.15) is 13.2 Å². The Morgan fingerprint density at radius 2 is 0.609 bits per heavy atom. The van der Waals surface area contributed by atoms with Crippen LogP contribution in [0, 0.1) is 0 Å². The summed E-state index contributed by atoms with van der Waals surface area (Å²) in [4.78, 5) is 37.9. The highest BCUT2D eigenvalue weighted by Crippen LogP contribution is 2.13. The maximum absolute atomic E-state index is 12.8. The van der Waals surface area contributed by atoms with E-state index in [1.807, 2.05) is 0 Å². The maximum atomic E-state index is 12.8. The van der Waals surface area contributed by atoms with Crippen LogP contribution in [0.1, 0.15) is 233 Å². The molecule has 0 rings (SSSR count). The number of esters is 3. The van der Waals surface area contributed by atoms with Gasteiger partial charge in [0, 0.05) is 19.3 Å². The number of allylic oxidation sites excluding steroid dienone is 16. The van der Waals surface area contributed by atoms with Gasteiger partial charge in [-0.3, -0.25) is 14.4 Å². The Bertz CT molecular complexity index is 1300. The number of hydrogen-bond donors (Lipinski definition) is 0. The molecule has 0 aliphatic heterocycles. The fourth-order valence-corrected chi connectivity index (χ4v) is 6.89. The van der Waals surface area contributed by atoms with Gasteiger partial charge in [-0.2, -0.15) is 0 Å². The number of hydrogen-bond acceptors (Lipinski definition) is 6. The average Bonchev–Trinajstić information content (AvgIpc) is 3.29. The molecule has 0 aromatic carbocycles. The molecule has 0 saturated heterocycles. The van der Waals surface area contributed by atoms with Crippen LogP contribution in [-0.4, -0.2) is 37.2 Å². The predicted octanol–water partition coefficient (Wildman–Crippen LogP) is 17.4. The van der Waals surface area contributed by atoms with Crippen LogP contribution in [0.4, 0.5) is 0 Å². The highest BCUT2D eigenvalue weighted by Gasteiger charge is 2.19. The Morgan fingerprint density at radius 3 is 1.02 bits per heavy atom. The molecule has 364 valence electrons. The molecule has 0 saturated carbocycles. The first-order chi connectivity index (χ1) is 31.5. The first-order valence-electron chi connectivity index (χ1n) is 26.2. The van der Waals surface area contributed by atoms with Gasteiger partial charge in [0.2, 0.25) is 0 Å². The van der Waals surface area contributed by atoms with Gasteiger partial charge in [-0.1, -0.05) is 208 Å². The van der Waals surface area contributed by atoms with Crippen molar-refractivity contribution in [2.75, 3.05) is 13.2 Å². The minimum absolute atomic E-state index is 0.0948. The largest absolute Gasteiger partial charge is 0.462 e. The molecule has 0 aromatic rings. The van der Waals surface area contributed by atoms with Crippen LogP contribution in [0.3, 0.4) is 0 Å². The van der Waals surface area contributed by atoms with E-state index in [2.05, 4.69) is 118 Å². The van der Waals surface area contributed by atoms with Gasteiger partial charge in [-0.25, -0.2) is 0 Å². The van der Waals surface area contributed by atoms with Crippen LogP contribution in [-0.2, 0) is 28.6 Å². The highest BCUT2D eigenvalue weighted by atomic mass is 16.6. The van der Waals surface area contributed by atoms with E-state index in [0.29, 0.717) is 19.3 Å². The second-order valence-electron chi connectivity index (χ2n) is 17.1. The van der Waals surface area contributed by atoms with Gasteiger partial charge < -0.3 is 14.2 Å². The number of rotatable bonds is 46. The molecular formula is C58H96O6. The number of carbonyl (C=O) groups is 3. The average molecular weight is 889 g/mol. The molecule has 1 unspecified atom stereocenters. The van der Waals surface area contributed by atoms with Crippen molar-refractivity contribution in [1.29, 1.82) is 0 Å². The molecule has 0 N–H and O–H groups in total. The van der Waals surface area contributed by atoms with E-state index in [1.54, 1.807) is 0 Å². The first kappa shape index (κ1) is 60.3. The third kappa shape index (κ3) is 49.3. The number of carbonyl (C=O) groups excluding carboxylic acids is 3. The van der Waals surface area contributed by atoms with E-state index in [0.717, 1.165) is 109 Å². The summed E-state index contributed by atoms with van der Waals surface area (Å²) in [6.07, 6.45) is 68.3. The SMILES string of the molecule is CC/C=C\C/C=C\C/C=C\C/C=C\C/C=C\C/C=C\CCCCC(=O)OCC(COC(=O)CCCCCCCCCC)OC(=O)CCCCCCCCC/C=C\C/C=C\CCCCC. The Balaban J connectivity index is 4.39. The van der Waals surface area contributed by atoms with Gasteiger partial charge in [0.05, 0.1) is 0 Å². The van der Waals surface area contributed by atoms with Crippen LogP contribution in [0.25, 0.3) is 0 Å². The topological polar surface area (TPSA) is 78.9 Å². The standard InChI is InChI=1S/C58H96O6/c1-4-7-10-13-16-19-21-23-25-27-28-29-30-32-33-35-37-39-42-45-48-51-57(60)63-54-55(53-62-56(59)50-47-44-41-18-15-12-9-6-3)64-58(61)52-49-46-43-40-38-36-34-31-26-24-22-20-17-14-11-8-5-2/h7,10,16-17,19-20,23-26,28-29,32-33,37,39,55H,4-6,8-9,11-15,18,21-22,27,30-31,34-36,38,40-54H2,1-3H3/b10-7-,19-16-,20-17-,25-23-,26-24-,29-28-,33-32-,39-37-. The number of ether oxygens (including phenoxy) is 3. The van der Waals surface area contributed by atoms with E-state index in [9.17, 15) is 14.4 Å². The smallest absolute Gasteiger partial charge is 0.306 e. The minimum Gasteiger partial charge on any atom is -0.462 e. The molecule has 0 radical (unpaired) electrons. The van der Waals surface area contributed by atoms with Gasteiger partial charge >= 0.3 is 17.9 Å². The molecule has 0 aromatic heterocycles. The summed E-state index contributed by atoms with van der Waals surface area (Å²) in [5, 5.41) is 0. The van der Waals surface area contributed by atoms with Crippen LogP contribution in [0.15, 0.2) is 97.2 Å². The molecule has 64 heavy (non-hydrogen) atoms. The fourth-order valence-electron chi connectivity index (χ4n) is 6.89. The van der Waals surface area contributed by atoms with Crippen LogP contribution < -0.4 is 0 Å². The van der Waals surface area contributed by atoms with Crippen molar-refractivity contribution in [2.24, 2.45) is 0 Å². The van der Waals surface area contributed by atoms with E-state index >= 15 is 0 Å². The van der Waals surface area contributed by atoms with Crippen LogP contribution in [0.2, 0.25) is 0 Å². The van der Waals surface area contributed by atoms with Crippen molar-refractivity contribution in [2.45, 2.75) is 239 Å². The lowest BCUT2D eigenvalue weighted by Gasteiger charge is -2.18. The summed E-state index contributed by atoms with van der Waals surface area (Å²) < 4.78 is 16.7. The summed E-state index contributed by atoms with van der Waals surface area (Å²) in [6.45, 7) is 6.42. The van der Waals surface area contributed by atoms with Crippen molar-refractivity contribution in [3.8, 4) is 0 Å². The second-order valence-corrected chi connectivity index (χ2v) is 17.1. The van der Waals surface area contributed by atoms with Gasteiger partial charge in [0.15, 0.2) is 6.10 Å². The van der Waals surface area contributed by atoms with Gasteiger partial charge in [-0.05, 0) is 103 Å². The van der Waals surface area contributed by atoms with Crippen molar-refractivity contribution in [1.82, 2.24) is 0 Å².